The smallest absolute Gasteiger partial charge is 0.125 e. The van der Waals surface area contributed by atoms with Gasteiger partial charge in [-0.05, 0) is 24.4 Å². The molecule has 0 unspecified atom stereocenters. The largest absolute Gasteiger partial charge is 0.337 e. The summed E-state index contributed by atoms with van der Waals surface area (Å²) in [5.41, 5.74) is 2.66. The van der Waals surface area contributed by atoms with Crippen LogP contribution in [0.5, 0.6) is 0 Å². The number of rotatable bonds is 0. The minimum atomic E-state index is -0.235. The number of hydrogen-bond donors (Lipinski definition) is 0. The zero-order chi connectivity index (χ0) is 13.0. The Kier molecular flexibility index (Phi) is 3.08. The number of hydrogen-bond acceptors (Lipinski definition) is 1. The fraction of sp³-hybridized carbons (Fsp3) is 0.0625. The van der Waals surface area contributed by atoms with Crippen LogP contribution in [0.2, 0.25) is 0 Å². The summed E-state index contributed by atoms with van der Waals surface area (Å²) < 4.78 is 15.5. The fourth-order valence-electron chi connectivity index (χ4n) is 2.68. The Bertz CT molecular complexity index is 943. The van der Waals surface area contributed by atoms with Gasteiger partial charge >= 0.3 is 0 Å². The van der Waals surface area contributed by atoms with Crippen LogP contribution in [0.3, 0.4) is 0 Å². The monoisotopic (exact) mass is 442 g/mol. The quantitative estimate of drug-likeness (QED) is 0.299. The van der Waals surface area contributed by atoms with Gasteiger partial charge in [-0.2, -0.15) is 0 Å². The van der Waals surface area contributed by atoms with E-state index in [4.69, 9.17) is 0 Å². The van der Waals surface area contributed by atoms with E-state index in [2.05, 4.69) is 11.1 Å². The first-order valence-corrected chi connectivity index (χ1v) is 6.11. The molecule has 2 aromatic carbocycles. The van der Waals surface area contributed by atoms with Gasteiger partial charge in [0.05, 0.1) is 5.65 Å². The van der Waals surface area contributed by atoms with E-state index < -0.39 is 0 Å². The van der Waals surface area contributed by atoms with Gasteiger partial charge in [0, 0.05) is 37.5 Å². The van der Waals surface area contributed by atoms with Crippen molar-refractivity contribution in [2.45, 2.75) is 6.92 Å². The van der Waals surface area contributed by atoms with Crippen molar-refractivity contribution in [2.24, 2.45) is 0 Å². The molecule has 0 atom stereocenters. The number of imidazole rings is 1. The number of aromatic nitrogens is 2. The van der Waals surface area contributed by atoms with E-state index in [0.717, 1.165) is 33.0 Å². The van der Waals surface area contributed by atoms with Crippen molar-refractivity contribution in [3.05, 3.63) is 60.2 Å². The Morgan fingerprint density at radius 2 is 2.05 bits per heavy atom. The van der Waals surface area contributed by atoms with E-state index >= 15 is 0 Å². The molecule has 0 aliphatic heterocycles. The molecule has 0 aliphatic rings. The van der Waals surface area contributed by atoms with Crippen LogP contribution in [0.1, 0.15) is 5.69 Å². The summed E-state index contributed by atoms with van der Waals surface area (Å²) in [4.78, 5) is 4.44. The molecule has 2 nitrogen and oxygen atoms in total. The van der Waals surface area contributed by atoms with E-state index in [1.807, 2.05) is 35.6 Å². The molecule has 0 bridgehead atoms. The van der Waals surface area contributed by atoms with Crippen molar-refractivity contribution >= 4 is 27.3 Å². The number of fused-ring (bicyclic) bond motifs is 6. The molecule has 101 valence electrons. The molecule has 0 saturated carbocycles. The molecule has 4 heteroatoms. The van der Waals surface area contributed by atoms with Crippen LogP contribution < -0.4 is 0 Å². The molecule has 0 N–H and O–H groups in total. The fourth-order valence-corrected chi connectivity index (χ4v) is 2.68. The molecule has 2 heterocycles. The minimum absolute atomic E-state index is 0. The maximum absolute atomic E-state index is 13.6. The predicted octanol–water partition coefficient (Wildman–Crippen LogP) is 3.89. The first-order chi connectivity index (χ1) is 9.25. The molecule has 4 rings (SSSR count). The Labute approximate surface area is 128 Å². The third-order valence-corrected chi connectivity index (χ3v) is 3.51. The number of aryl methyl sites for hydroxylation is 1. The average Bonchev–Trinajstić information content (AvgIpc) is 2.81. The van der Waals surface area contributed by atoms with Gasteiger partial charge in [-0.1, -0.05) is 11.5 Å². The summed E-state index contributed by atoms with van der Waals surface area (Å²) >= 11 is 0. The van der Waals surface area contributed by atoms with Crippen molar-refractivity contribution in [3.63, 3.8) is 0 Å². The predicted molar refractivity (Wildman–Crippen MR) is 73.7 cm³/mol. The van der Waals surface area contributed by atoms with E-state index in [9.17, 15) is 4.39 Å². The van der Waals surface area contributed by atoms with Gasteiger partial charge in [-0.3, -0.25) is 4.98 Å². The maximum atomic E-state index is 13.6. The van der Waals surface area contributed by atoms with Crippen LogP contribution in [0.4, 0.5) is 4.39 Å². The first-order valence-electron chi connectivity index (χ1n) is 6.11. The van der Waals surface area contributed by atoms with Gasteiger partial charge < -0.3 is 4.40 Å². The van der Waals surface area contributed by atoms with Crippen molar-refractivity contribution in [1.82, 2.24) is 9.38 Å². The van der Waals surface area contributed by atoms with Crippen LogP contribution in [-0.2, 0) is 20.1 Å². The molecule has 20 heavy (non-hydrogen) atoms. The van der Waals surface area contributed by atoms with Crippen molar-refractivity contribution in [2.75, 3.05) is 0 Å². The van der Waals surface area contributed by atoms with E-state index in [1.165, 1.54) is 6.07 Å². The SMILES string of the molecule is Cc1cnc2c3[c-]cccc3c3ccc(F)cc3n12.[Ir]. The Morgan fingerprint density at radius 3 is 2.90 bits per heavy atom. The molecular formula is C16H10FIrN2-. The summed E-state index contributed by atoms with van der Waals surface area (Å²) in [5, 5.41) is 3.03. The van der Waals surface area contributed by atoms with Gasteiger partial charge in [-0.25, -0.2) is 4.39 Å². The second-order valence-corrected chi connectivity index (χ2v) is 4.68. The summed E-state index contributed by atoms with van der Waals surface area (Å²) in [6, 6.07) is 14.0. The Hall–Kier alpha value is -1.77. The van der Waals surface area contributed by atoms with Crippen molar-refractivity contribution in [3.8, 4) is 0 Å². The molecule has 0 amide bonds. The summed E-state index contributed by atoms with van der Waals surface area (Å²) in [6.07, 6.45) is 1.81. The zero-order valence-electron chi connectivity index (χ0n) is 10.6. The molecular weight excluding hydrogens is 431 g/mol. The van der Waals surface area contributed by atoms with Gasteiger partial charge in [0.25, 0.3) is 0 Å². The summed E-state index contributed by atoms with van der Waals surface area (Å²) in [7, 11) is 0. The third kappa shape index (κ3) is 1.69. The summed E-state index contributed by atoms with van der Waals surface area (Å²) in [5.74, 6) is -0.235. The number of benzene rings is 2. The third-order valence-electron chi connectivity index (χ3n) is 3.51. The first kappa shape index (κ1) is 13.2. The van der Waals surface area contributed by atoms with Gasteiger partial charge in [-0.15, -0.1) is 29.7 Å². The van der Waals surface area contributed by atoms with Gasteiger partial charge in [0.15, 0.2) is 0 Å². The van der Waals surface area contributed by atoms with Crippen molar-refractivity contribution < 1.29 is 24.5 Å². The molecule has 0 fully saturated rings. The topological polar surface area (TPSA) is 17.3 Å². The number of halogens is 1. The van der Waals surface area contributed by atoms with Crippen molar-refractivity contribution in [1.29, 1.82) is 0 Å². The summed E-state index contributed by atoms with van der Waals surface area (Å²) in [6.45, 7) is 1.97. The van der Waals surface area contributed by atoms with Crippen LogP contribution in [0.25, 0.3) is 27.3 Å². The second-order valence-electron chi connectivity index (χ2n) is 4.68. The van der Waals surface area contributed by atoms with Gasteiger partial charge in [0.2, 0.25) is 0 Å². The Morgan fingerprint density at radius 1 is 1.20 bits per heavy atom. The van der Waals surface area contributed by atoms with E-state index in [-0.39, 0.29) is 25.9 Å². The molecule has 0 saturated heterocycles. The molecule has 0 spiro atoms. The Balaban J connectivity index is 0.00000121. The molecule has 1 radical (unpaired) electrons. The average molecular weight is 441 g/mol. The molecule has 0 aliphatic carbocycles. The van der Waals surface area contributed by atoms with Crippen LogP contribution in [0, 0.1) is 18.8 Å². The molecule has 2 aromatic heterocycles. The van der Waals surface area contributed by atoms with Crippen LogP contribution >= 0.6 is 0 Å². The second kappa shape index (κ2) is 4.65. The standard InChI is InChI=1S/C16H10FN2.Ir/c1-10-9-18-16-14-5-3-2-4-12(14)13-7-6-11(17)8-15(13)19(10)16;/h2-4,6-9H,1H3;/q-1;. The van der Waals surface area contributed by atoms with Crippen LogP contribution in [-0.4, -0.2) is 9.38 Å². The zero-order valence-corrected chi connectivity index (χ0v) is 13.0. The minimum Gasteiger partial charge on any atom is -0.337 e. The number of pyridine rings is 1. The van der Waals surface area contributed by atoms with E-state index in [1.54, 1.807) is 12.3 Å². The number of nitrogens with zero attached hydrogens (tertiary/aromatic N) is 2. The van der Waals surface area contributed by atoms with E-state index in [0.29, 0.717) is 0 Å². The normalized spacial score (nSPS) is 11.1. The molecule has 4 aromatic rings. The van der Waals surface area contributed by atoms with Gasteiger partial charge in [0.1, 0.15) is 5.82 Å². The maximum Gasteiger partial charge on any atom is 0.125 e. The van der Waals surface area contributed by atoms with Crippen LogP contribution in [0.15, 0.2) is 42.6 Å².